The van der Waals surface area contributed by atoms with Crippen LogP contribution in [0.1, 0.15) is 17.4 Å². The Morgan fingerprint density at radius 2 is 2.16 bits per heavy atom. The molecule has 1 unspecified atom stereocenters. The number of hydrogen-bond donors (Lipinski definition) is 1. The number of ether oxygens (including phenoxy) is 1. The molecule has 0 aliphatic rings. The maximum Gasteiger partial charge on any atom is 0.433 e. The largest absolute Gasteiger partial charge is 0.496 e. The first-order valence-corrected chi connectivity index (χ1v) is 6.15. The van der Waals surface area contributed by atoms with E-state index in [-0.39, 0.29) is 5.88 Å². The lowest BCUT2D eigenvalue weighted by Gasteiger charge is -2.11. The van der Waals surface area contributed by atoms with E-state index >= 15 is 0 Å². The van der Waals surface area contributed by atoms with Crippen LogP contribution in [-0.4, -0.2) is 12.0 Å². The molecule has 0 spiro atoms. The summed E-state index contributed by atoms with van der Waals surface area (Å²) < 4.78 is 11.0. The number of methoxy groups -OCH3 is 1. The van der Waals surface area contributed by atoms with Crippen LogP contribution in [0, 0.1) is 10.1 Å². The van der Waals surface area contributed by atoms with Crippen LogP contribution in [0.5, 0.6) is 5.75 Å². The fourth-order valence-electron chi connectivity index (χ4n) is 1.65. The van der Waals surface area contributed by atoms with Crippen LogP contribution in [0.15, 0.2) is 39.2 Å². The smallest absolute Gasteiger partial charge is 0.433 e. The van der Waals surface area contributed by atoms with Gasteiger partial charge in [-0.2, -0.15) is 0 Å². The van der Waals surface area contributed by atoms with Crippen molar-refractivity contribution in [1.82, 2.24) is 0 Å². The van der Waals surface area contributed by atoms with E-state index < -0.39 is 11.0 Å². The van der Waals surface area contributed by atoms with Crippen LogP contribution in [-0.2, 0) is 0 Å². The number of rotatable bonds is 4. The Hall–Kier alpha value is -1.86. The van der Waals surface area contributed by atoms with Gasteiger partial charge in [-0.05, 0) is 39.7 Å². The van der Waals surface area contributed by atoms with Gasteiger partial charge in [0.2, 0.25) is 0 Å². The average molecular weight is 327 g/mol. The molecule has 0 saturated heterocycles. The van der Waals surface area contributed by atoms with Gasteiger partial charge in [0, 0.05) is 0 Å². The minimum atomic E-state index is -0.597. The Balaban J connectivity index is 2.30. The van der Waals surface area contributed by atoms with Crippen molar-refractivity contribution in [3.05, 3.63) is 56.2 Å². The molecule has 6 nitrogen and oxygen atoms in total. The summed E-state index contributed by atoms with van der Waals surface area (Å²) in [5, 5.41) is 10.6. The lowest BCUT2D eigenvalue weighted by molar-refractivity contribution is -0.402. The highest BCUT2D eigenvalue weighted by Crippen LogP contribution is 2.31. The number of nitro groups is 1. The van der Waals surface area contributed by atoms with E-state index in [0.717, 1.165) is 10.0 Å². The third-order valence-electron chi connectivity index (χ3n) is 2.63. The molecule has 1 aromatic heterocycles. The quantitative estimate of drug-likeness (QED) is 0.688. The first-order chi connectivity index (χ1) is 9.02. The van der Waals surface area contributed by atoms with Crippen molar-refractivity contribution in [2.75, 3.05) is 7.11 Å². The van der Waals surface area contributed by atoms with E-state index in [1.54, 1.807) is 25.3 Å². The Morgan fingerprint density at radius 3 is 2.68 bits per heavy atom. The summed E-state index contributed by atoms with van der Waals surface area (Å²) in [5.74, 6) is 0.697. The molecule has 0 aliphatic heterocycles. The molecule has 1 aromatic carbocycles. The first kappa shape index (κ1) is 13.6. The van der Waals surface area contributed by atoms with Crippen molar-refractivity contribution in [3.8, 4) is 5.75 Å². The van der Waals surface area contributed by atoms with Gasteiger partial charge in [0.15, 0.2) is 0 Å². The molecular formula is C12H11BrN2O4. The summed E-state index contributed by atoms with van der Waals surface area (Å²) in [5.41, 5.74) is 6.77. The molecule has 0 aliphatic carbocycles. The lowest BCUT2D eigenvalue weighted by Crippen LogP contribution is -2.10. The maximum atomic E-state index is 10.6. The van der Waals surface area contributed by atoms with Gasteiger partial charge in [0.25, 0.3) is 0 Å². The van der Waals surface area contributed by atoms with Crippen LogP contribution in [0.3, 0.4) is 0 Å². The van der Waals surface area contributed by atoms with Gasteiger partial charge in [-0.1, -0.05) is 6.07 Å². The molecule has 2 rings (SSSR count). The second-order valence-corrected chi connectivity index (χ2v) is 4.66. The summed E-state index contributed by atoms with van der Waals surface area (Å²) >= 11 is 3.36. The van der Waals surface area contributed by atoms with Crippen molar-refractivity contribution in [3.63, 3.8) is 0 Å². The summed E-state index contributed by atoms with van der Waals surface area (Å²) in [6, 6.07) is 7.54. The first-order valence-electron chi connectivity index (χ1n) is 5.36. The topological polar surface area (TPSA) is 91.5 Å². The zero-order chi connectivity index (χ0) is 14.0. The van der Waals surface area contributed by atoms with Gasteiger partial charge in [0.1, 0.15) is 16.4 Å². The molecule has 2 aromatic rings. The predicted molar refractivity (Wildman–Crippen MR) is 72.1 cm³/mol. The second-order valence-electron chi connectivity index (χ2n) is 3.80. The molecule has 1 heterocycles. The summed E-state index contributed by atoms with van der Waals surface area (Å²) in [4.78, 5) is 9.96. The van der Waals surface area contributed by atoms with E-state index in [9.17, 15) is 10.1 Å². The number of benzene rings is 1. The number of nitrogens with zero attached hydrogens (tertiary/aromatic N) is 1. The number of furan rings is 1. The van der Waals surface area contributed by atoms with Crippen LogP contribution < -0.4 is 10.5 Å². The zero-order valence-electron chi connectivity index (χ0n) is 10.00. The average Bonchev–Trinajstić information content (AvgIpc) is 2.87. The highest BCUT2D eigenvalue weighted by Gasteiger charge is 2.18. The van der Waals surface area contributed by atoms with Crippen molar-refractivity contribution in [2.45, 2.75) is 6.04 Å². The van der Waals surface area contributed by atoms with Crippen molar-refractivity contribution in [2.24, 2.45) is 5.73 Å². The lowest BCUT2D eigenvalue weighted by atomic mass is 10.1. The van der Waals surface area contributed by atoms with Crippen LogP contribution in [0.4, 0.5) is 5.88 Å². The maximum absolute atomic E-state index is 10.6. The molecule has 0 fully saturated rings. The summed E-state index contributed by atoms with van der Waals surface area (Å²) in [6.45, 7) is 0. The molecule has 0 saturated carbocycles. The molecule has 19 heavy (non-hydrogen) atoms. The summed E-state index contributed by atoms with van der Waals surface area (Å²) in [6.07, 6.45) is 0. The zero-order valence-corrected chi connectivity index (χ0v) is 11.6. The van der Waals surface area contributed by atoms with Crippen molar-refractivity contribution < 1.29 is 14.1 Å². The van der Waals surface area contributed by atoms with Crippen LogP contribution in [0.2, 0.25) is 0 Å². The monoisotopic (exact) mass is 326 g/mol. The van der Waals surface area contributed by atoms with Gasteiger partial charge in [-0.25, -0.2) is 0 Å². The molecule has 0 amide bonds. The standard InChI is InChI=1S/C12H11BrN2O4/c1-18-9-3-2-7(6-8(9)13)12(14)10-4-5-11(19-10)15(16)17/h2-6,12H,14H2,1H3. The van der Waals surface area contributed by atoms with E-state index in [4.69, 9.17) is 14.9 Å². The minimum Gasteiger partial charge on any atom is -0.496 e. The minimum absolute atomic E-state index is 0.321. The van der Waals surface area contributed by atoms with E-state index in [1.165, 1.54) is 12.1 Å². The molecule has 7 heteroatoms. The van der Waals surface area contributed by atoms with Crippen molar-refractivity contribution >= 4 is 21.8 Å². The Morgan fingerprint density at radius 1 is 1.42 bits per heavy atom. The fraction of sp³-hybridized carbons (Fsp3) is 0.167. The second kappa shape index (κ2) is 5.41. The number of hydrogen-bond acceptors (Lipinski definition) is 5. The highest BCUT2D eigenvalue weighted by molar-refractivity contribution is 9.10. The molecule has 0 radical (unpaired) electrons. The molecule has 100 valence electrons. The van der Waals surface area contributed by atoms with Crippen LogP contribution >= 0.6 is 15.9 Å². The Bertz CT molecular complexity index is 612. The predicted octanol–water partition coefficient (Wildman–Crippen LogP) is 3.01. The SMILES string of the molecule is COc1ccc(C(N)c2ccc([N+](=O)[O-])o2)cc1Br. The molecule has 1 atom stereocenters. The Labute approximate surface area is 117 Å². The van der Waals surface area contributed by atoms with Gasteiger partial charge < -0.3 is 14.9 Å². The molecule has 2 N–H and O–H groups in total. The number of halogens is 1. The highest BCUT2D eigenvalue weighted by atomic mass is 79.9. The van der Waals surface area contributed by atoms with E-state index in [1.807, 2.05) is 0 Å². The summed E-state index contributed by atoms with van der Waals surface area (Å²) in [7, 11) is 1.57. The third kappa shape index (κ3) is 2.77. The van der Waals surface area contributed by atoms with Gasteiger partial charge >= 0.3 is 5.88 Å². The molecule has 0 bridgehead atoms. The fourth-order valence-corrected chi connectivity index (χ4v) is 2.21. The normalized spacial score (nSPS) is 12.2. The van der Waals surface area contributed by atoms with E-state index in [0.29, 0.717) is 11.5 Å². The van der Waals surface area contributed by atoms with Crippen molar-refractivity contribution in [1.29, 1.82) is 0 Å². The van der Waals surface area contributed by atoms with Crippen LogP contribution in [0.25, 0.3) is 0 Å². The third-order valence-corrected chi connectivity index (χ3v) is 3.25. The van der Waals surface area contributed by atoms with Gasteiger partial charge in [-0.3, -0.25) is 10.1 Å². The Kier molecular flexibility index (Phi) is 3.87. The molecular weight excluding hydrogens is 316 g/mol. The van der Waals surface area contributed by atoms with E-state index in [2.05, 4.69) is 15.9 Å². The van der Waals surface area contributed by atoms with Gasteiger partial charge in [0.05, 0.1) is 23.7 Å². The number of nitrogens with two attached hydrogens (primary N) is 1. The van der Waals surface area contributed by atoms with Gasteiger partial charge in [-0.15, -0.1) is 0 Å².